The molecule has 0 aliphatic carbocycles. The quantitative estimate of drug-likeness (QED) is 0.574. The van der Waals surface area contributed by atoms with E-state index in [-0.39, 0.29) is 11.1 Å². The summed E-state index contributed by atoms with van der Waals surface area (Å²) in [4.78, 5) is 13.8. The van der Waals surface area contributed by atoms with Crippen LogP contribution in [0.25, 0.3) is 0 Å². The fourth-order valence-corrected chi connectivity index (χ4v) is 2.45. The number of piperidine rings is 1. The zero-order chi connectivity index (χ0) is 10.3. The van der Waals surface area contributed by atoms with E-state index in [9.17, 15) is 4.79 Å². The molecule has 0 aromatic rings. The first-order valence-corrected chi connectivity index (χ1v) is 5.03. The van der Waals surface area contributed by atoms with Crippen LogP contribution in [0.3, 0.4) is 0 Å². The van der Waals surface area contributed by atoms with Crippen molar-refractivity contribution in [3.05, 3.63) is 0 Å². The average molecular weight is 183 g/mol. The van der Waals surface area contributed by atoms with Gasteiger partial charge in [-0.1, -0.05) is 0 Å². The lowest BCUT2D eigenvalue weighted by molar-refractivity contribution is -0.128. The molecule has 0 unspecified atom stereocenters. The number of ketones is 1. The van der Waals surface area contributed by atoms with Crippen LogP contribution in [0.4, 0.5) is 0 Å². The molecule has 2 nitrogen and oxygen atoms in total. The van der Waals surface area contributed by atoms with E-state index in [0.717, 1.165) is 13.0 Å². The molecule has 0 aromatic heterocycles. The van der Waals surface area contributed by atoms with Gasteiger partial charge >= 0.3 is 0 Å². The van der Waals surface area contributed by atoms with Gasteiger partial charge in [0.15, 0.2) is 0 Å². The summed E-state index contributed by atoms with van der Waals surface area (Å²) in [6.45, 7) is 11.9. The summed E-state index contributed by atoms with van der Waals surface area (Å²) in [6.07, 6.45) is 1.42. The van der Waals surface area contributed by atoms with Gasteiger partial charge in [0.1, 0.15) is 5.78 Å². The normalized spacial score (nSPS) is 24.8. The van der Waals surface area contributed by atoms with E-state index in [0.29, 0.717) is 12.2 Å². The van der Waals surface area contributed by atoms with Crippen LogP contribution < -0.4 is 0 Å². The van der Waals surface area contributed by atoms with Crippen LogP contribution in [-0.4, -0.2) is 28.3 Å². The molecule has 1 heterocycles. The van der Waals surface area contributed by atoms with Gasteiger partial charge in [0, 0.05) is 30.5 Å². The van der Waals surface area contributed by atoms with Crippen LogP contribution in [-0.2, 0) is 4.79 Å². The molecule has 1 fully saturated rings. The first-order valence-electron chi connectivity index (χ1n) is 5.03. The Morgan fingerprint density at radius 2 is 1.85 bits per heavy atom. The third kappa shape index (κ3) is 2.31. The second-order valence-electron chi connectivity index (χ2n) is 5.60. The van der Waals surface area contributed by atoms with Gasteiger partial charge in [0.05, 0.1) is 0 Å². The number of Topliss-reactive ketones (excluding diaryl/α,β-unsaturated/α-hetero) is 1. The van der Waals surface area contributed by atoms with Gasteiger partial charge in [-0.15, -0.1) is 0 Å². The predicted molar refractivity (Wildman–Crippen MR) is 54.8 cm³/mol. The summed E-state index contributed by atoms with van der Waals surface area (Å²) >= 11 is 0. The van der Waals surface area contributed by atoms with E-state index >= 15 is 0 Å². The highest BCUT2D eigenvalue weighted by atomic mass is 16.1. The van der Waals surface area contributed by atoms with E-state index in [4.69, 9.17) is 0 Å². The number of nitrogens with zero attached hydrogens (tertiary/aromatic N) is 1. The number of likely N-dealkylation sites (tertiary alicyclic amines) is 1. The third-order valence-electron chi connectivity index (χ3n) is 2.78. The molecule has 0 aromatic carbocycles. The molecule has 0 bridgehead atoms. The number of carbonyl (C=O) groups excluding carboxylic acids is 1. The maximum absolute atomic E-state index is 11.3. The third-order valence-corrected chi connectivity index (χ3v) is 2.78. The van der Waals surface area contributed by atoms with Gasteiger partial charge in [-0.05, 0) is 34.6 Å². The average Bonchev–Trinajstić information content (AvgIpc) is 1.79. The monoisotopic (exact) mass is 183 g/mol. The van der Waals surface area contributed by atoms with Crippen molar-refractivity contribution < 1.29 is 4.79 Å². The minimum absolute atomic E-state index is 0.0353. The molecule has 1 rings (SSSR count). The molecular formula is C11H21NO. The highest BCUT2D eigenvalue weighted by Crippen LogP contribution is 2.31. The van der Waals surface area contributed by atoms with Crippen LogP contribution >= 0.6 is 0 Å². The molecule has 1 saturated heterocycles. The van der Waals surface area contributed by atoms with Gasteiger partial charge < -0.3 is 0 Å². The topological polar surface area (TPSA) is 20.3 Å². The van der Waals surface area contributed by atoms with Crippen LogP contribution in [0.15, 0.2) is 0 Å². The van der Waals surface area contributed by atoms with Crippen molar-refractivity contribution in [3.63, 3.8) is 0 Å². The summed E-state index contributed by atoms with van der Waals surface area (Å²) < 4.78 is 0. The zero-order valence-electron chi connectivity index (χ0n) is 9.48. The molecule has 1 aliphatic rings. The first kappa shape index (κ1) is 10.7. The van der Waals surface area contributed by atoms with Crippen LogP contribution in [0, 0.1) is 0 Å². The number of hydrogen-bond acceptors (Lipinski definition) is 2. The highest BCUT2D eigenvalue weighted by molar-refractivity contribution is 5.80. The molecule has 0 amide bonds. The van der Waals surface area contributed by atoms with Crippen LogP contribution in [0.2, 0.25) is 0 Å². The smallest absolute Gasteiger partial charge is 0.136 e. The Bertz CT molecular complexity index is 213. The Hall–Kier alpha value is -0.370. The van der Waals surface area contributed by atoms with E-state index in [1.807, 2.05) is 0 Å². The van der Waals surface area contributed by atoms with E-state index < -0.39 is 0 Å². The number of carbonyl (C=O) groups is 1. The lowest BCUT2D eigenvalue weighted by Crippen LogP contribution is -2.58. The van der Waals surface area contributed by atoms with E-state index in [2.05, 4.69) is 39.5 Å². The second kappa shape index (κ2) is 3.09. The van der Waals surface area contributed by atoms with Crippen molar-refractivity contribution in [2.75, 3.05) is 6.54 Å². The van der Waals surface area contributed by atoms with Crippen molar-refractivity contribution >= 4 is 5.78 Å². The van der Waals surface area contributed by atoms with Crippen molar-refractivity contribution in [1.29, 1.82) is 0 Å². The Kier molecular flexibility index (Phi) is 2.54. The van der Waals surface area contributed by atoms with Gasteiger partial charge in [-0.25, -0.2) is 0 Å². The van der Waals surface area contributed by atoms with Crippen LogP contribution in [0.1, 0.15) is 47.5 Å². The molecule has 0 radical (unpaired) electrons. The lowest BCUT2D eigenvalue weighted by atomic mass is 9.85. The molecule has 0 saturated carbocycles. The van der Waals surface area contributed by atoms with Crippen molar-refractivity contribution in [3.8, 4) is 0 Å². The minimum Gasteiger partial charge on any atom is -0.300 e. The fourth-order valence-electron chi connectivity index (χ4n) is 2.45. The van der Waals surface area contributed by atoms with Gasteiger partial charge in [0.2, 0.25) is 0 Å². The summed E-state index contributed by atoms with van der Waals surface area (Å²) in [5.41, 5.74) is 0.206. The highest BCUT2D eigenvalue weighted by Gasteiger charge is 2.39. The standard InChI is InChI=1S/C11H21NO/c1-10(2,3)12-7-6-9(13)8-11(12,4)5/h6-8H2,1-5H3. The maximum atomic E-state index is 11.3. The zero-order valence-corrected chi connectivity index (χ0v) is 9.48. The van der Waals surface area contributed by atoms with Gasteiger partial charge in [0.25, 0.3) is 0 Å². The molecule has 13 heavy (non-hydrogen) atoms. The fraction of sp³-hybridized carbons (Fsp3) is 0.909. The summed E-state index contributed by atoms with van der Waals surface area (Å²) in [7, 11) is 0. The van der Waals surface area contributed by atoms with E-state index in [1.54, 1.807) is 0 Å². The summed E-state index contributed by atoms with van der Waals surface area (Å²) in [6, 6.07) is 0. The second-order valence-corrected chi connectivity index (χ2v) is 5.60. The van der Waals surface area contributed by atoms with Gasteiger partial charge in [-0.3, -0.25) is 9.69 Å². The molecule has 1 aliphatic heterocycles. The van der Waals surface area contributed by atoms with Crippen LogP contribution in [0.5, 0.6) is 0 Å². The predicted octanol–water partition coefficient (Wildman–Crippen LogP) is 2.23. The maximum Gasteiger partial charge on any atom is 0.136 e. The molecule has 0 N–H and O–H groups in total. The van der Waals surface area contributed by atoms with Crippen molar-refractivity contribution in [2.24, 2.45) is 0 Å². The Balaban J connectivity index is 2.82. The molecule has 0 spiro atoms. The van der Waals surface area contributed by atoms with E-state index in [1.165, 1.54) is 0 Å². The first-order chi connectivity index (χ1) is 5.73. The summed E-state index contributed by atoms with van der Waals surface area (Å²) in [5, 5.41) is 0. The van der Waals surface area contributed by atoms with Crippen molar-refractivity contribution in [1.82, 2.24) is 4.90 Å². The molecule has 76 valence electrons. The molecule has 2 heteroatoms. The number of rotatable bonds is 0. The Morgan fingerprint density at radius 3 is 2.23 bits per heavy atom. The minimum atomic E-state index is 0.0353. The SMILES string of the molecule is CC(C)(C)N1CCC(=O)CC1(C)C. The van der Waals surface area contributed by atoms with Gasteiger partial charge in [-0.2, -0.15) is 0 Å². The largest absolute Gasteiger partial charge is 0.300 e. The van der Waals surface area contributed by atoms with Crippen molar-refractivity contribution in [2.45, 2.75) is 58.5 Å². The Labute approximate surface area is 81.3 Å². The summed E-state index contributed by atoms with van der Waals surface area (Å²) in [5.74, 6) is 0.408. The Morgan fingerprint density at radius 1 is 1.31 bits per heavy atom. The molecule has 0 atom stereocenters. The number of hydrogen-bond donors (Lipinski definition) is 0. The molecular weight excluding hydrogens is 162 g/mol. The lowest BCUT2D eigenvalue weighted by Gasteiger charge is -2.49.